The Balaban J connectivity index is 2.10. The summed E-state index contributed by atoms with van der Waals surface area (Å²) in [6.45, 7) is 1.76. The van der Waals surface area contributed by atoms with Gasteiger partial charge in [-0.1, -0.05) is 18.2 Å². The Morgan fingerprint density at radius 2 is 2.14 bits per heavy atom. The van der Waals surface area contributed by atoms with E-state index in [4.69, 9.17) is 9.47 Å². The number of hydrogen-bond acceptors (Lipinski definition) is 4. The second-order valence-corrected chi connectivity index (χ2v) is 5.31. The minimum atomic E-state index is -4.40. The number of methoxy groups -OCH3 is 1. The molecular weight excluding hydrogens is 299 g/mol. The van der Waals surface area contributed by atoms with E-state index in [1.165, 1.54) is 19.2 Å². The molecule has 0 saturated carbocycles. The standard InChI is InChI=1S/C15H20F3NO3/c1-21-10-11(20)8-19-6-7-22-14(9-19)12-4-2-3-5-13(12)15(16,17)18/h2-5,11,14,20H,6-10H2,1H3/t11-,14?/m0/s1. The van der Waals surface area contributed by atoms with E-state index in [1.54, 1.807) is 6.07 Å². The highest BCUT2D eigenvalue weighted by Gasteiger charge is 2.36. The predicted octanol–water partition coefficient (Wildman–Crippen LogP) is 2.09. The molecule has 1 aromatic carbocycles. The molecule has 1 heterocycles. The van der Waals surface area contributed by atoms with Gasteiger partial charge in [0.15, 0.2) is 0 Å². The van der Waals surface area contributed by atoms with Gasteiger partial charge in [0.25, 0.3) is 0 Å². The normalized spacial score (nSPS) is 21.8. The molecule has 7 heteroatoms. The molecule has 0 spiro atoms. The fraction of sp³-hybridized carbons (Fsp3) is 0.600. The maximum Gasteiger partial charge on any atom is 0.416 e. The second kappa shape index (κ2) is 7.41. The number of aliphatic hydroxyl groups excluding tert-OH is 1. The zero-order valence-corrected chi connectivity index (χ0v) is 12.3. The predicted molar refractivity (Wildman–Crippen MR) is 74.5 cm³/mol. The molecule has 1 unspecified atom stereocenters. The molecule has 2 rings (SSSR count). The number of β-amino-alcohol motifs (C(OH)–C–C–N with tert-alkyl or cyclic N) is 1. The molecule has 4 nitrogen and oxygen atoms in total. The van der Waals surface area contributed by atoms with Crippen molar-refractivity contribution in [1.29, 1.82) is 0 Å². The Morgan fingerprint density at radius 3 is 2.82 bits per heavy atom. The van der Waals surface area contributed by atoms with Crippen LogP contribution in [0.5, 0.6) is 0 Å². The molecule has 1 aliphatic heterocycles. The summed E-state index contributed by atoms with van der Waals surface area (Å²) in [5.41, 5.74) is -0.528. The van der Waals surface area contributed by atoms with Crippen LogP contribution in [0.1, 0.15) is 17.2 Å². The summed E-state index contributed by atoms with van der Waals surface area (Å²) in [5.74, 6) is 0. The Bertz CT molecular complexity index is 481. The van der Waals surface area contributed by atoms with Crippen LogP contribution in [0.3, 0.4) is 0 Å². The lowest BCUT2D eigenvalue weighted by molar-refractivity contribution is -0.140. The van der Waals surface area contributed by atoms with E-state index in [0.717, 1.165) is 6.07 Å². The molecule has 0 radical (unpaired) electrons. The molecule has 1 saturated heterocycles. The van der Waals surface area contributed by atoms with Crippen molar-refractivity contribution in [2.75, 3.05) is 40.0 Å². The van der Waals surface area contributed by atoms with Crippen LogP contribution in [0.2, 0.25) is 0 Å². The highest BCUT2D eigenvalue weighted by atomic mass is 19.4. The van der Waals surface area contributed by atoms with Gasteiger partial charge in [-0.25, -0.2) is 0 Å². The van der Waals surface area contributed by atoms with Crippen molar-refractivity contribution in [1.82, 2.24) is 4.90 Å². The highest BCUT2D eigenvalue weighted by molar-refractivity contribution is 5.32. The van der Waals surface area contributed by atoms with E-state index in [0.29, 0.717) is 26.2 Å². The molecule has 0 amide bonds. The fourth-order valence-corrected chi connectivity index (χ4v) is 2.64. The van der Waals surface area contributed by atoms with Crippen molar-refractivity contribution in [3.63, 3.8) is 0 Å². The van der Waals surface area contributed by atoms with Gasteiger partial charge in [-0.3, -0.25) is 4.90 Å². The summed E-state index contributed by atoms with van der Waals surface area (Å²) in [6.07, 6.45) is -5.72. The molecule has 1 fully saturated rings. The van der Waals surface area contributed by atoms with Gasteiger partial charge in [0, 0.05) is 26.7 Å². The minimum Gasteiger partial charge on any atom is -0.389 e. The molecule has 124 valence electrons. The van der Waals surface area contributed by atoms with Crippen molar-refractivity contribution < 1.29 is 27.8 Å². The van der Waals surface area contributed by atoms with Crippen LogP contribution in [-0.4, -0.2) is 56.1 Å². The van der Waals surface area contributed by atoms with Crippen LogP contribution in [0.25, 0.3) is 0 Å². The van der Waals surface area contributed by atoms with Crippen LogP contribution in [0, 0.1) is 0 Å². The van der Waals surface area contributed by atoms with Crippen LogP contribution < -0.4 is 0 Å². The number of rotatable bonds is 5. The molecule has 0 aliphatic carbocycles. The van der Waals surface area contributed by atoms with Gasteiger partial charge in [-0.15, -0.1) is 0 Å². The number of alkyl halides is 3. The van der Waals surface area contributed by atoms with Crippen molar-refractivity contribution in [2.24, 2.45) is 0 Å². The molecule has 1 N–H and O–H groups in total. The number of nitrogens with zero attached hydrogens (tertiary/aromatic N) is 1. The molecule has 22 heavy (non-hydrogen) atoms. The Hall–Kier alpha value is -1.15. The van der Waals surface area contributed by atoms with Gasteiger partial charge in [0.1, 0.15) is 0 Å². The van der Waals surface area contributed by atoms with E-state index >= 15 is 0 Å². The number of benzene rings is 1. The van der Waals surface area contributed by atoms with Gasteiger partial charge >= 0.3 is 6.18 Å². The Kier molecular flexibility index (Phi) is 5.80. The SMILES string of the molecule is COC[C@@H](O)CN1CCOC(c2ccccc2C(F)(F)F)C1. The lowest BCUT2D eigenvalue weighted by Crippen LogP contribution is -2.43. The van der Waals surface area contributed by atoms with E-state index < -0.39 is 23.9 Å². The van der Waals surface area contributed by atoms with Crippen LogP contribution >= 0.6 is 0 Å². The van der Waals surface area contributed by atoms with E-state index in [1.807, 2.05) is 4.90 Å². The number of halogens is 3. The summed E-state index contributed by atoms with van der Waals surface area (Å²) >= 11 is 0. The number of morpholine rings is 1. The molecule has 0 aromatic heterocycles. The maximum atomic E-state index is 13.1. The largest absolute Gasteiger partial charge is 0.416 e. The van der Waals surface area contributed by atoms with E-state index in [-0.39, 0.29) is 12.2 Å². The van der Waals surface area contributed by atoms with E-state index in [2.05, 4.69) is 0 Å². The molecule has 2 atom stereocenters. The first-order valence-electron chi connectivity index (χ1n) is 7.09. The third kappa shape index (κ3) is 4.42. The first kappa shape index (κ1) is 17.2. The topological polar surface area (TPSA) is 41.9 Å². The van der Waals surface area contributed by atoms with Crippen molar-refractivity contribution in [3.8, 4) is 0 Å². The van der Waals surface area contributed by atoms with Crippen LogP contribution in [-0.2, 0) is 15.7 Å². The lowest BCUT2D eigenvalue weighted by Gasteiger charge is -2.35. The first-order valence-corrected chi connectivity index (χ1v) is 7.09. The third-order valence-electron chi connectivity index (χ3n) is 3.59. The number of aliphatic hydroxyl groups is 1. The number of ether oxygens (including phenoxy) is 2. The third-order valence-corrected chi connectivity index (χ3v) is 3.59. The average Bonchev–Trinajstić information content (AvgIpc) is 2.47. The van der Waals surface area contributed by atoms with Gasteiger partial charge in [0.05, 0.1) is 31.0 Å². The summed E-state index contributed by atoms with van der Waals surface area (Å²) in [6, 6.07) is 5.46. The van der Waals surface area contributed by atoms with Gasteiger partial charge in [-0.2, -0.15) is 13.2 Å². The smallest absolute Gasteiger partial charge is 0.389 e. The minimum absolute atomic E-state index is 0.140. The monoisotopic (exact) mass is 319 g/mol. The molecular formula is C15H20F3NO3. The quantitative estimate of drug-likeness (QED) is 0.902. The van der Waals surface area contributed by atoms with Gasteiger partial charge in [0.2, 0.25) is 0 Å². The fourth-order valence-electron chi connectivity index (χ4n) is 2.64. The average molecular weight is 319 g/mol. The van der Waals surface area contributed by atoms with Crippen molar-refractivity contribution in [2.45, 2.75) is 18.4 Å². The molecule has 1 aliphatic rings. The molecule has 1 aromatic rings. The summed E-state index contributed by atoms with van der Waals surface area (Å²) in [4.78, 5) is 1.89. The summed E-state index contributed by atoms with van der Waals surface area (Å²) in [5, 5.41) is 9.75. The highest BCUT2D eigenvalue weighted by Crippen LogP contribution is 2.36. The summed E-state index contributed by atoms with van der Waals surface area (Å²) < 4.78 is 49.6. The first-order chi connectivity index (χ1) is 10.4. The zero-order chi connectivity index (χ0) is 16.2. The Morgan fingerprint density at radius 1 is 1.41 bits per heavy atom. The van der Waals surface area contributed by atoms with Gasteiger partial charge < -0.3 is 14.6 Å². The Labute approximate surface area is 127 Å². The van der Waals surface area contributed by atoms with Crippen LogP contribution in [0.4, 0.5) is 13.2 Å². The maximum absolute atomic E-state index is 13.1. The van der Waals surface area contributed by atoms with Crippen molar-refractivity contribution in [3.05, 3.63) is 35.4 Å². The molecule has 0 bridgehead atoms. The van der Waals surface area contributed by atoms with E-state index in [9.17, 15) is 18.3 Å². The second-order valence-electron chi connectivity index (χ2n) is 5.31. The van der Waals surface area contributed by atoms with Crippen LogP contribution in [0.15, 0.2) is 24.3 Å². The zero-order valence-electron chi connectivity index (χ0n) is 12.3. The van der Waals surface area contributed by atoms with Crippen molar-refractivity contribution >= 4 is 0 Å². The number of hydrogen-bond donors (Lipinski definition) is 1. The summed E-state index contributed by atoms with van der Waals surface area (Å²) in [7, 11) is 1.49. The lowest BCUT2D eigenvalue weighted by atomic mass is 10.0. The van der Waals surface area contributed by atoms with Gasteiger partial charge in [-0.05, 0) is 11.6 Å².